The Bertz CT molecular complexity index is 1520. The number of hydrogen-bond donors (Lipinski definition) is 2. The summed E-state index contributed by atoms with van der Waals surface area (Å²) in [4.78, 5) is 12.8. The summed E-state index contributed by atoms with van der Waals surface area (Å²) in [5.74, 6) is -3.17. The van der Waals surface area contributed by atoms with Gasteiger partial charge >= 0.3 is 12.2 Å². The van der Waals surface area contributed by atoms with Crippen molar-refractivity contribution in [1.82, 2.24) is 15.1 Å². The molecule has 5 nitrogen and oxygen atoms in total. The van der Waals surface area contributed by atoms with Crippen LogP contribution >= 0.6 is 0 Å². The second-order valence-corrected chi connectivity index (χ2v) is 10.9. The summed E-state index contributed by atoms with van der Waals surface area (Å²) in [6.45, 7) is 2.05. The summed E-state index contributed by atoms with van der Waals surface area (Å²) in [5.41, 5.74) is 4.17. The number of nitrogens with one attached hydrogen (secondary N) is 2. The van der Waals surface area contributed by atoms with Crippen molar-refractivity contribution >= 4 is 17.8 Å². The Morgan fingerprint density at radius 3 is 2.60 bits per heavy atom. The average Bonchev–Trinajstić information content (AvgIpc) is 3.29. The molecule has 3 aliphatic rings. The maximum absolute atomic E-state index is 14.2. The van der Waals surface area contributed by atoms with Crippen molar-refractivity contribution in [2.24, 2.45) is 17.3 Å². The highest BCUT2D eigenvalue weighted by molar-refractivity contribution is 5.89. The number of fused-ring (bicyclic) bond motifs is 4. The summed E-state index contributed by atoms with van der Waals surface area (Å²) in [6, 6.07) is 9.28. The molecule has 1 saturated carbocycles. The van der Waals surface area contributed by atoms with Gasteiger partial charge in [0, 0.05) is 23.1 Å². The fraction of sp³-hybridized carbons (Fsp3) is 0.333. The first kappa shape index (κ1) is 26.3. The van der Waals surface area contributed by atoms with Crippen molar-refractivity contribution in [3.05, 3.63) is 94.8 Å². The number of allylic oxidation sites excluding steroid dienone is 2. The minimum Gasteiger partial charge on any atom is -0.334 e. The van der Waals surface area contributed by atoms with E-state index >= 15 is 0 Å². The summed E-state index contributed by atoms with van der Waals surface area (Å²) < 4.78 is 71.4. The Labute approximate surface area is 227 Å². The zero-order valence-corrected chi connectivity index (χ0v) is 21.6. The fourth-order valence-corrected chi connectivity index (χ4v) is 6.65. The molecular formula is C30H27F5N4O. The van der Waals surface area contributed by atoms with Gasteiger partial charge in [0.05, 0.1) is 23.5 Å². The van der Waals surface area contributed by atoms with E-state index in [-0.39, 0.29) is 17.9 Å². The lowest BCUT2D eigenvalue weighted by molar-refractivity contribution is -0.186. The normalized spacial score (nSPS) is 25.6. The quantitative estimate of drug-likeness (QED) is 0.266. The molecule has 0 spiro atoms. The van der Waals surface area contributed by atoms with Gasteiger partial charge in [-0.3, -0.25) is 0 Å². The van der Waals surface area contributed by atoms with Crippen LogP contribution in [0.3, 0.4) is 0 Å². The number of benzene rings is 2. The first-order valence-corrected chi connectivity index (χ1v) is 13.2. The van der Waals surface area contributed by atoms with Gasteiger partial charge in [0.2, 0.25) is 0 Å². The van der Waals surface area contributed by atoms with E-state index in [4.69, 9.17) is 0 Å². The lowest BCUT2D eigenvalue weighted by Gasteiger charge is -2.51. The van der Waals surface area contributed by atoms with Crippen LogP contribution in [0.1, 0.15) is 37.4 Å². The van der Waals surface area contributed by atoms with E-state index in [0.29, 0.717) is 19.3 Å². The molecule has 1 fully saturated rings. The van der Waals surface area contributed by atoms with Crippen LogP contribution < -0.4 is 10.6 Å². The molecule has 40 heavy (non-hydrogen) atoms. The monoisotopic (exact) mass is 554 g/mol. The average molecular weight is 555 g/mol. The second kappa shape index (κ2) is 9.60. The Balaban J connectivity index is 1.31. The van der Waals surface area contributed by atoms with Gasteiger partial charge in [-0.25, -0.2) is 18.3 Å². The van der Waals surface area contributed by atoms with Gasteiger partial charge in [0.25, 0.3) is 0 Å². The van der Waals surface area contributed by atoms with Crippen LogP contribution in [0.5, 0.6) is 0 Å². The molecule has 6 rings (SSSR count). The zero-order valence-electron chi connectivity index (χ0n) is 21.6. The molecule has 0 saturated heterocycles. The number of rotatable bonds is 3. The largest absolute Gasteiger partial charge is 0.394 e. The van der Waals surface area contributed by atoms with Crippen molar-refractivity contribution in [3.8, 4) is 5.69 Å². The van der Waals surface area contributed by atoms with Gasteiger partial charge < -0.3 is 10.6 Å². The minimum absolute atomic E-state index is 0.159. The first-order chi connectivity index (χ1) is 19.0. The molecule has 2 N–H and O–H groups in total. The lowest BCUT2D eigenvalue weighted by atomic mass is 9.55. The van der Waals surface area contributed by atoms with Crippen LogP contribution in [-0.2, 0) is 6.42 Å². The third-order valence-electron chi connectivity index (χ3n) is 8.54. The molecule has 2 aromatic carbocycles. The summed E-state index contributed by atoms with van der Waals surface area (Å²) in [6.07, 6.45) is 2.32. The zero-order chi connectivity index (χ0) is 28.2. The van der Waals surface area contributed by atoms with Crippen molar-refractivity contribution in [3.63, 3.8) is 0 Å². The van der Waals surface area contributed by atoms with Crippen LogP contribution in [-0.4, -0.2) is 28.0 Å². The second-order valence-electron chi connectivity index (χ2n) is 10.9. The predicted octanol–water partition coefficient (Wildman–Crippen LogP) is 7.21. The number of amides is 2. The van der Waals surface area contributed by atoms with E-state index in [0.717, 1.165) is 34.2 Å². The Kier molecular flexibility index (Phi) is 6.31. The van der Waals surface area contributed by atoms with E-state index < -0.39 is 41.3 Å². The summed E-state index contributed by atoms with van der Waals surface area (Å²) in [5, 5.41) is 9.61. The number of hydrogen-bond acceptors (Lipinski definition) is 2. The highest BCUT2D eigenvalue weighted by Crippen LogP contribution is 2.57. The van der Waals surface area contributed by atoms with E-state index in [1.165, 1.54) is 30.3 Å². The fourth-order valence-electron chi connectivity index (χ4n) is 6.65. The number of alkyl halides is 3. The number of nitrogens with zero attached hydrogens (tertiary/aromatic N) is 2. The third kappa shape index (κ3) is 4.59. The van der Waals surface area contributed by atoms with E-state index in [1.807, 2.05) is 6.92 Å². The molecule has 0 aliphatic heterocycles. The summed E-state index contributed by atoms with van der Waals surface area (Å²) in [7, 11) is 0. The number of halogens is 5. The highest BCUT2D eigenvalue weighted by Gasteiger charge is 2.54. The van der Waals surface area contributed by atoms with E-state index in [9.17, 15) is 26.7 Å². The lowest BCUT2D eigenvalue weighted by Crippen LogP contribution is -2.56. The molecule has 0 radical (unpaired) electrons. The topological polar surface area (TPSA) is 59.0 Å². The van der Waals surface area contributed by atoms with Crippen molar-refractivity contribution in [2.45, 2.75) is 44.8 Å². The van der Waals surface area contributed by atoms with Crippen LogP contribution in [0.25, 0.3) is 11.8 Å². The Hall–Kier alpha value is -3.95. The van der Waals surface area contributed by atoms with Gasteiger partial charge in [0.1, 0.15) is 11.6 Å². The smallest absolute Gasteiger partial charge is 0.334 e. The SMILES string of the molecule is C[C@]12Cc3cnn(-c4ccc(F)cc4)c3C=C1CC[C@H]1C2=CCC(C(F)(F)F)[C@@H]1NC(=O)Nc1cccc(F)c1. The molecule has 0 bridgehead atoms. The molecule has 1 unspecified atom stereocenters. The molecule has 208 valence electrons. The highest BCUT2D eigenvalue weighted by atomic mass is 19.4. The molecule has 3 aliphatic carbocycles. The summed E-state index contributed by atoms with van der Waals surface area (Å²) >= 11 is 0. The number of carbonyl (C=O) groups is 1. The van der Waals surface area contributed by atoms with Crippen molar-refractivity contribution in [1.29, 1.82) is 0 Å². The van der Waals surface area contributed by atoms with E-state index in [1.54, 1.807) is 29.1 Å². The van der Waals surface area contributed by atoms with Crippen LogP contribution in [0.15, 0.2) is 72.0 Å². The maximum atomic E-state index is 14.2. The number of aromatic nitrogens is 2. The number of anilines is 1. The molecule has 3 aromatic rings. The third-order valence-corrected chi connectivity index (χ3v) is 8.54. The molecule has 10 heteroatoms. The predicted molar refractivity (Wildman–Crippen MR) is 141 cm³/mol. The van der Waals surface area contributed by atoms with Crippen molar-refractivity contribution < 1.29 is 26.7 Å². The van der Waals surface area contributed by atoms with Crippen molar-refractivity contribution in [2.75, 3.05) is 5.32 Å². The van der Waals surface area contributed by atoms with Gasteiger partial charge in [-0.15, -0.1) is 0 Å². The van der Waals surface area contributed by atoms with Gasteiger partial charge in [-0.1, -0.05) is 30.2 Å². The van der Waals surface area contributed by atoms with Crippen LogP contribution in [0.2, 0.25) is 0 Å². The van der Waals surface area contributed by atoms with E-state index in [2.05, 4.69) is 21.8 Å². The number of urea groups is 1. The number of carbonyl (C=O) groups excluding carboxylic acids is 1. The van der Waals surface area contributed by atoms with Crippen LogP contribution in [0, 0.1) is 28.9 Å². The molecule has 1 aromatic heterocycles. The maximum Gasteiger partial charge on any atom is 0.394 e. The molecule has 2 amide bonds. The standard InChI is InChI=1S/C30H27F5N4O/c1-29-15-17-16-36-39(22-8-6-19(31)7-9-22)26(17)13-18(29)5-10-23-24(29)11-12-25(30(33,34)35)27(23)38-28(40)37-21-4-2-3-20(32)14-21/h2-4,6-9,11,13-14,16,23,25,27H,5,10,12,15H2,1H3,(H2,37,38,40)/t23-,25?,27+,29-/m0/s1. The minimum atomic E-state index is -4.51. The molecule has 4 atom stereocenters. The van der Waals surface area contributed by atoms with Gasteiger partial charge in [-0.05, 0) is 79.8 Å². The first-order valence-electron chi connectivity index (χ1n) is 13.2. The van der Waals surface area contributed by atoms with Gasteiger partial charge in [0.15, 0.2) is 0 Å². The Morgan fingerprint density at radius 2 is 1.88 bits per heavy atom. The molecular weight excluding hydrogens is 527 g/mol. The Morgan fingerprint density at radius 1 is 1.10 bits per heavy atom. The van der Waals surface area contributed by atoms with Crippen LogP contribution in [0.4, 0.5) is 32.4 Å². The van der Waals surface area contributed by atoms with Gasteiger partial charge in [-0.2, -0.15) is 18.3 Å². The molecule has 1 heterocycles.